The summed E-state index contributed by atoms with van der Waals surface area (Å²) in [6.07, 6.45) is 1.40. The van der Waals surface area contributed by atoms with E-state index in [4.69, 9.17) is 9.47 Å². The number of benzene rings is 2. The quantitative estimate of drug-likeness (QED) is 0.512. The maximum absolute atomic E-state index is 13.4. The zero-order valence-electron chi connectivity index (χ0n) is 20.8. The summed E-state index contributed by atoms with van der Waals surface area (Å²) in [7, 11) is 3.19. The summed E-state index contributed by atoms with van der Waals surface area (Å²) in [5, 5.41) is 3.01. The van der Waals surface area contributed by atoms with Crippen LogP contribution in [-0.2, 0) is 22.6 Å². The number of carbonyl (C=O) groups is 2. The standard InChI is InChI=1S/C27H38N2O4/c1-7-23(27(31)28-17-19(2)3)29(18-22-11-9-8-10-20(22)4)26(30)15-13-21-12-14-24(32-5)25(16-21)33-6/h8-12,14,16,19,23H,7,13,15,17-18H2,1-6H3,(H,28,31). The number of amides is 2. The number of hydrogen-bond acceptors (Lipinski definition) is 4. The first-order chi connectivity index (χ1) is 15.8. The van der Waals surface area contributed by atoms with Crippen LogP contribution in [0.1, 0.15) is 50.3 Å². The SMILES string of the molecule is CCC(C(=O)NCC(C)C)N(Cc1ccccc1C)C(=O)CCc1ccc(OC)c(OC)c1. The first kappa shape index (κ1) is 26.2. The Morgan fingerprint density at radius 3 is 2.33 bits per heavy atom. The van der Waals surface area contributed by atoms with Gasteiger partial charge in [0.05, 0.1) is 14.2 Å². The highest BCUT2D eigenvalue weighted by molar-refractivity contribution is 5.87. The highest BCUT2D eigenvalue weighted by Gasteiger charge is 2.28. The van der Waals surface area contributed by atoms with Crippen LogP contribution in [0.15, 0.2) is 42.5 Å². The van der Waals surface area contributed by atoms with Crippen molar-refractivity contribution >= 4 is 11.8 Å². The predicted octanol–water partition coefficient (Wildman–Crippen LogP) is 4.52. The van der Waals surface area contributed by atoms with Gasteiger partial charge in [-0.25, -0.2) is 0 Å². The minimum atomic E-state index is -0.513. The van der Waals surface area contributed by atoms with Crippen LogP contribution in [0.4, 0.5) is 0 Å². The van der Waals surface area contributed by atoms with E-state index in [2.05, 4.69) is 19.2 Å². The van der Waals surface area contributed by atoms with Crippen molar-refractivity contribution in [1.29, 1.82) is 0 Å². The van der Waals surface area contributed by atoms with Crippen LogP contribution < -0.4 is 14.8 Å². The molecule has 6 heteroatoms. The van der Waals surface area contributed by atoms with Crippen molar-refractivity contribution in [3.8, 4) is 11.5 Å². The molecule has 0 aliphatic rings. The molecule has 2 amide bonds. The van der Waals surface area contributed by atoms with E-state index >= 15 is 0 Å². The third-order valence-electron chi connectivity index (χ3n) is 5.75. The van der Waals surface area contributed by atoms with Gasteiger partial charge in [0.2, 0.25) is 11.8 Å². The minimum Gasteiger partial charge on any atom is -0.493 e. The fourth-order valence-corrected chi connectivity index (χ4v) is 3.74. The number of hydrogen-bond donors (Lipinski definition) is 1. The van der Waals surface area contributed by atoms with Crippen molar-refractivity contribution in [3.05, 3.63) is 59.2 Å². The lowest BCUT2D eigenvalue weighted by atomic mass is 10.0. The molecule has 2 aromatic carbocycles. The fourth-order valence-electron chi connectivity index (χ4n) is 3.74. The van der Waals surface area contributed by atoms with E-state index in [1.165, 1.54) is 0 Å². The zero-order valence-corrected chi connectivity index (χ0v) is 20.8. The van der Waals surface area contributed by atoms with Crippen LogP contribution in [0.25, 0.3) is 0 Å². The maximum atomic E-state index is 13.4. The van der Waals surface area contributed by atoms with Gasteiger partial charge in [-0.05, 0) is 54.5 Å². The van der Waals surface area contributed by atoms with Crippen LogP contribution in [0.2, 0.25) is 0 Å². The molecule has 0 spiro atoms. The molecule has 6 nitrogen and oxygen atoms in total. The Kier molecular flexibility index (Phi) is 10.2. The second-order valence-electron chi connectivity index (χ2n) is 8.70. The second kappa shape index (κ2) is 12.9. The molecular formula is C27H38N2O4. The Bertz CT molecular complexity index is 926. The molecule has 0 heterocycles. The van der Waals surface area contributed by atoms with Crippen molar-refractivity contribution in [2.24, 2.45) is 5.92 Å². The number of carbonyl (C=O) groups excluding carboxylic acids is 2. The molecule has 0 saturated carbocycles. The van der Waals surface area contributed by atoms with Gasteiger partial charge in [0.25, 0.3) is 0 Å². The van der Waals surface area contributed by atoms with E-state index in [0.29, 0.717) is 49.8 Å². The number of methoxy groups -OCH3 is 2. The van der Waals surface area contributed by atoms with Crippen LogP contribution in [0.5, 0.6) is 11.5 Å². The number of nitrogens with one attached hydrogen (secondary N) is 1. The molecule has 0 aliphatic carbocycles. The van der Waals surface area contributed by atoms with Gasteiger partial charge in [0.15, 0.2) is 11.5 Å². The molecule has 0 radical (unpaired) electrons. The van der Waals surface area contributed by atoms with Crippen LogP contribution in [0.3, 0.4) is 0 Å². The summed E-state index contributed by atoms with van der Waals surface area (Å²) in [5.74, 6) is 1.50. The van der Waals surface area contributed by atoms with Crippen molar-refractivity contribution in [2.45, 2.75) is 59.5 Å². The molecule has 33 heavy (non-hydrogen) atoms. The summed E-state index contributed by atoms with van der Waals surface area (Å²) in [6.45, 7) is 9.09. The van der Waals surface area contributed by atoms with E-state index in [-0.39, 0.29) is 11.8 Å². The lowest BCUT2D eigenvalue weighted by molar-refractivity contribution is -0.141. The molecule has 180 valence electrons. The first-order valence-electron chi connectivity index (χ1n) is 11.6. The average Bonchev–Trinajstić information content (AvgIpc) is 2.81. The van der Waals surface area contributed by atoms with Crippen molar-refractivity contribution in [2.75, 3.05) is 20.8 Å². The normalized spacial score (nSPS) is 11.7. The Balaban J connectivity index is 2.23. The van der Waals surface area contributed by atoms with Crippen LogP contribution >= 0.6 is 0 Å². The van der Waals surface area contributed by atoms with Gasteiger partial charge >= 0.3 is 0 Å². The second-order valence-corrected chi connectivity index (χ2v) is 8.70. The topological polar surface area (TPSA) is 67.9 Å². The Morgan fingerprint density at radius 2 is 1.73 bits per heavy atom. The van der Waals surface area contributed by atoms with E-state index in [0.717, 1.165) is 16.7 Å². The number of ether oxygens (including phenoxy) is 2. The predicted molar refractivity (Wildman–Crippen MR) is 132 cm³/mol. The summed E-state index contributed by atoms with van der Waals surface area (Å²) < 4.78 is 10.7. The van der Waals surface area contributed by atoms with Crippen molar-refractivity contribution in [1.82, 2.24) is 10.2 Å². The van der Waals surface area contributed by atoms with E-state index in [1.807, 2.05) is 56.3 Å². The van der Waals surface area contributed by atoms with Gasteiger partial charge in [0, 0.05) is 19.5 Å². The summed E-state index contributed by atoms with van der Waals surface area (Å²) >= 11 is 0. The Morgan fingerprint density at radius 1 is 1.03 bits per heavy atom. The number of nitrogens with zero attached hydrogens (tertiary/aromatic N) is 1. The molecule has 1 N–H and O–H groups in total. The monoisotopic (exact) mass is 454 g/mol. The molecule has 0 saturated heterocycles. The molecule has 0 aliphatic heterocycles. The Hall–Kier alpha value is -3.02. The van der Waals surface area contributed by atoms with Crippen molar-refractivity contribution in [3.63, 3.8) is 0 Å². The highest BCUT2D eigenvalue weighted by atomic mass is 16.5. The fraction of sp³-hybridized carbons (Fsp3) is 0.481. The smallest absolute Gasteiger partial charge is 0.242 e. The van der Waals surface area contributed by atoms with Gasteiger partial charge < -0.3 is 19.7 Å². The Labute approximate surface area is 198 Å². The molecule has 2 aromatic rings. The van der Waals surface area contributed by atoms with Gasteiger partial charge in [-0.3, -0.25) is 9.59 Å². The van der Waals surface area contributed by atoms with E-state index < -0.39 is 6.04 Å². The number of rotatable bonds is 12. The highest BCUT2D eigenvalue weighted by Crippen LogP contribution is 2.28. The van der Waals surface area contributed by atoms with Gasteiger partial charge in [0.1, 0.15) is 6.04 Å². The van der Waals surface area contributed by atoms with Crippen LogP contribution in [-0.4, -0.2) is 43.5 Å². The molecular weight excluding hydrogens is 416 g/mol. The first-order valence-corrected chi connectivity index (χ1v) is 11.6. The molecule has 1 atom stereocenters. The van der Waals surface area contributed by atoms with Crippen molar-refractivity contribution < 1.29 is 19.1 Å². The molecule has 0 bridgehead atoms. The van der Waals surface area contributed by atoms with E-state index in [1.54, 1.807) is 19.1 Å². The molecule has 2 rings (SSSR count). The van der Waals surface area contributed by atoms with E-state index in [9.17, 15) is 9.59 Å². The lowest BCUT2D eigenvalue weighted by Gasteiger charge is -2.31. The lowest BCUT2D eigenvalue weighted by Crippen LogP contribution is -2.49. The van der Waals surface area contributed by atoms with Gasteiger partial charge in [-0.15, -0.1) is 0 Å². The average molecular weight is 455 g/mol. The third-order valence-corrected chi connectivity index (χ3v) is 5.75. The summed E-state index contributed by atoms with van der Waals surface area (Å²) in [4.78, 5) is 28.2. The maximum Gasteiger partial charge on any atom is 0.242 e. The van der Waals surface area contributed by atoms with Crippen LogP contribution in [0, 0.1) is 12.8 Å². The van der Waals surface area contributed by atoms with Gasteiger partial charge in [-0.2, -0.15) is 0 Å². The number of aryl methyl sites for hydroxylation is 2. The summed E-state index contributed by atoms with van der Waals surface area (Å²) in [6, 6.07) is 13.2. The molecule has 1 unspecified atom stereocenters. The summed E-state index contributed by atoms with van der Waals surface area (Å²) in [5.41, 5.74) is 3.13. The minimum absolute atomic E-state index is 0.0421. The molecule has 0 aromatic heterocycles. The molecule has 0 fully saturated rings. The zero-order chi connectivity index (χ0) is 24.4. The third kappa shape index (κ3) is 7.52. The van der Waals surface area contributed by atoms with Gasteiger partial charge in [-0.1, -0.05) is 51.1 Å². The largest absolute Gasteiger partial charge is 0.493 e.